The molecule has 0 fully saturated rings. The third-order valence-corrected chi connectivity index (χ3v) is 4.16. The molecule has 1 heteroatoms. The molecule has 0 amide bonds. The van der Waals surface area contributed by atoms with Gasteiger partial charge in [0.2, 0.25) is 0 Å². The van der Waals surface area contributed by atoms with Gasteiger partial charge in [-0.1, -0.05) is 72.3 Å². The Hall–Kier alpha value is -2.54. The highest BCUT2D eigenvalue weighted by molar-refractivity contribution is 5.84. The molecule has 0 spiro atoms. The van der Waals surface area contributed by atoms with E-state index in [9.17, 15) is 0 Å². The summed E-state index contributed by atoms with van der Waals surface area (Å²) in [7, 11) is 0. The van der Waals surface area contributed by atoms with E-state index >= 15 is 0 Å². The lowest BCUT2D eigenvalue weighted by atomic mass is 9.86. The van der Waals surface area contributed by atoms with Crippen molar-refractivity contribution < 1.29 is 0 Å². The Labute approximate surface area is 125 Å². The van der Waals surface area contributed by atoms with E-state index in [1.165, 1.54) is 33.5 Å². The van der Waals surface area contributed by atoms with Gasteiger partial charge in [-0.05, 0) is 29.7 Å². The second-order valence-corrected chi connectivity index (χ2v) is 5.62. The van der Waals surface area contributed by atoms with E-state index < -0.39 is 0 Å². The zero-order chi connectivity index (χ0) is 14.2. The van der Waals surface area contributed by atoms with Crippen molar-refractivity contribution in [1.29, 1.82) is 0 Å². The molecule has 0 radical (unpaired) electrons. The number of hydrogen-bond acceptors (Lipinski definition) is 1. The van der Waals surface area contributed by atoms with Crippen LogP contribution in [0.3, 0.4) is 0 Å². The molecule has 3 aromatic rings. The molecular formula is C20H17N. The molecule has 0 aliphatic carbocycles. The summed E-state index contributed by atoms with van der Waals surface area (Å²) in [4.78, 5) is 0. The third kappa shape index (κ3) is 2.02. The van der Waals surface area contributed by atoms with Gasteiger partial charge < -0.3 is 5.32 Å². The van der Waals surface area contributed by atoms with Crippen molar-refractivity contribution in [2.24, 2.45) is 0 Å². The van der Waals surface area contributed by atoms with Crippen LogP contribution in [-0.4, -0.2) is 0 Å². The number of anilines is 1. The monoisotopic (exact) mass is 271 g/mol. The van der Waals surface area contributed by atoms with Crippen molar-refractivity contribution in [1.82, 2.24) is 0 Å². The van der Waals surface area contributed by atoms with E-state index in [0.29, 0.717) is 0 Å². The van der Waals surface area contributed by atoms with E-state index in [4.69, 9.17) is 0 Å². The van der Waals surface area contributed by atoms with Gasteiger partial charge in [-0.2, -0.15) is 0 Å². The molecule has 3 aromatic carbocycles. The molecule has 0 bridgehead atoms. The van der Waals surface area contributed by atoms with E-state index in [1.807, 2.05) is 0 Å². The zero-order valence-electron chi connectivity index (χ0n) is 12.0. The first-order chi connectivity index (χ1) is 10.3. The summed E-state index contributed by atoms with van der Waals surface area (Å²) in [6.45, 7) is 2.15. The number of hydrogen-bond donors (Lipinski definition) is 1. The molecule has 1 nitrogen and oxygen atoms in total. The third-order valence-electron chi connectivity index (χ3n) is 4.16. The molecule has 21 heavy (non-hydrogen) atoms. The van der Waals surface area contributed by atoms with Gasteiger partial charge in [0, 0.05) is 11.3 Å². The molecule has 4 rings (SSSR count). The van der Waals surface area contributed by atoms with Gasteiger partial charge in [0.15, 0.2) is 0 Å². The van der Waals surface area contributed by atoms with Crippen LogP contribution in [0.2, 0.25) is 0 Å². The molecule has 102 valence electrons. The van der Waals surface area contributed by atoms with Crippen LogP contribution < -0.4 is 5.32 Å². The molecule has 1 atom stereocenters. The van der Waals surface area contributed by atoms with Crippen LogP contribution >= 0.6 is 0 Å². The van der Waals surface area contributed by atoms with Crippen molar-refractivity contribution >= 4 is 5.69 Å². The highest BCUT2D eigenvalue weighted by Gasteiger charge is 2.24. The molecule has 1 aliphatic heterocycles. The predicted octanol–water partition coefficient (Wildman–Crippen LogP) is 5.18. The minimum absolute atomic E-state index is 0.219. The minimum atomic E-state index is 0.219. The lowest BCUT2D eigenvalue weighted by Crippen LogP contribution is -2.18. The maximum absolute atomic E-state index is 3.70. The Morgan fingerprint density at radius 3 is 2.38 bits per heavy atom. The fourth-order valence-corrected chi connectivity index (χ4v) is 3.18. The Bertz CT molecular complexity index is 804. The van der Waals surface area contributed by atoms with Crippen LogP contribution in [0.1, 0.15) is 22.7 Å². The first-order valence-electron chi connectivity index (χ1n) is 7.34. The lowest BCUT2D eigenvalue weighted by molar-refractivity contribution is 0.927. The molecular weight excluding hydrogens is 254 g/mol. The molecule has 1 unspecified atom stereocenters. The molecule has 0 saturated heterocycles. The smallest absolute Gasteiger partial charge is 0.0773 e. The predicted molar refractivity (Wildman–Crippen MR) is 88.5 cm³/mol. The van der Waals surface area contributed by atoms with Crippen LogP contribution in [0.5, 0.6) is 0 Å². The van der Waals surface area contributed by atoms with Crippen LogP contribution in [-0.2, 0) is 0 Å². The van der Waals surface area contributed by atoms with Gasteiger partial charge in [-0.25, -0.2) is 0 Å². The number of benzene rings is 3. The maximum Gasteiger partial charge on any atom is 0.0773 e. The van der Waals surface area contributed by atoms with Crippen LogP contribution in [0.25, 0.3) is 11.1 Å². The van der Waals surface area contributed by atoms with E-state index in [2.05, 4.69) is 85.0 Å². The van der Waals surface area contributed by atoms with Crippen molar-refractivity contribution in [2.45, 2.75) is 13.0 Å². The average Bonchev–Trinajstić information content (AvgIpc) is 2.54. The number of rotatable bonds is 1. The van der Waals surface area contributed by atoms with Gasteiger partial charge in [0.05, 0.1) is 6.04 Å². The second kappa shape index (κ2) is 4.78. The van der Waals surface area contributed by atoms with Gasteiger partial charge in [-0.15, -0.1) is 0 Å². The van der Waals surface area contributed by atoms with Crippen LogP contribution in [0.4, 0.5) is 5.69 Å². The fourth-order valence-electron chi connectivity index (χ4n) is 3.18. The molecule has 1 N–H and O–H groups in total. The van der Waals surface area contributed by atoms with Gasteiger partial charge in [-0.3, -0.25) is 0 Å². The first kappa shape index (κ1) is 12.2. The van der Waals surface area contributed by atoms with E-state index in [-0.39, 0.29) is 6.04 Å². The van der Waals surface area contributed by atoms with Gasteiger partial charge in [0.25, 0.3) is 0 Å². The van der Waals surface area contributed by atoms with Crippen LogP contribution in [0, 0.1) is 6.92 Å². The standard InChI is InChI=1S/C20H17N/c1-14-7-6-8-15(13-14)20-18-11-3-2-9-16(18)17-10-4-5-12-19(17)21-20/h2-13,20-21H,1H3. The SMILES string of the molecule is Cc1cccc(C2Nc3ccccc3-c3ccccc32)c1. The Balaban J connectivity index is 1.92. The minimum Gasteiger partial charge on any atom is -0.374 e. The summed E-state index contributed by atoms with van der Waals surface area (Å²) in [5, 5.41) is 3.70. The quantitative estimate of drug-likeness (QED) is 0.643. The average molecular weight is 271 g/mol. The summed E-state index contributed by atoms with van der Waals surface area (Å²) in [6.07, 6.45) is 0. The largest absolute Gasteiger partial charge is 0.374 e. The van der Waals surface area contributed by atoms with E-state index in [0.717, 1.165) is 0 Å². The highest BCUT2D eigenvalue weighted by atomic mass is 14.9. The van der Waals surface area contributed by atoms with Crippen molar-refractivity contribution in [3.05, 3.63) is 89.5 Å². The Kier molecular flexibility index (Phi) is 2.78. The number of para-hydroxylation sites is 1. The fraction of sp³-hybridized carbons (Fsp3) is 0.100. The van der Waals surface area contributed by atoms with Crippen molar-refractivity contribution in [2.75, 3.05) is 5.32 Å². The summed E-state index contributed by atoms with van der Waals surface area (Å²) >= 11 is 0. The zero-order valence-corrected chi connectivity index (χ0v) is 12.0. The van der Waals surface area contributed by atoms with Crippen molar-refractivity contribution in [3.8, 4) is 11.1 Å². The summed E-state index contributed by atoms with van der Waals surface area (Å²) in [6, 6.07) is 26.2. The molecule has 0 saturated carbocycles. The van der Waals surface area contributed by atoms with Crippen molar-refractivity contribution in [3.63, 3.8) is 0 Å². The molecule has 1 aliphatic rings. The van der Waals surface area contributed by atoms with E-state index in [1.54, 1.807) is 0 Å². The highest BCUT2D eigenvalue weighted by Crippen LogP contribution is 2.42. The summed E-state index contributed by atoms with van der Waals surface area (Å²) < 4.78 is 0. The second-order valence-electron chi connectivity index (χ2n) is 5.62. The maximum atomic E-state index is 3.70. The van der Waals surface area contributed by atoms with Gasteiger partial charge in [0.1, 0.15) is 0 Å². The van der Waals surface area contributed by atoms with Gasteiger partial charge >= 0.3 is 0 Å². The summed E-state index contributed by atoms with van der Waals surface area (Å²) in [5.41, 5.74) is 7.79. The summed E-state index contributed by atoms with van der Waals surface area (Å²) in [5.74, 6) is 0. The molecule has 0 aromatic heterocycles. The Morgan fingerprint density at radius 1 is 0.762 bits per heavy atom. The number of fused-ring (bicyclic) bond motifs is 3. The first-order valence-corrected chi connectivity index (χ1v) is 7.34. The normalized spacial score (nSPS) is 15.8. The lowest BCUT2D eigenvalue weighted by Gasteiger charge is -2.30. The number of nitrogens with one attached hydrogen (secondary N) is 1. The topological polar surface area (TPSA) is 12.0 Å². The molecule has 1 heterocycles. The Morgan fingerprint density at radius 2 is 1.52 bits per heavy atom. The van der Waals surface area contributed by atoms with Crippen LogP contribution in [0.15, 0.2) is 72.8 Å². The number of aryl methyl sites for hydroxylation is 1.